The van der Waals surface area contributed by atoms with E-state index in [9.17, 15) is 0 Å². The molecule has 0 amide bonds. The number of hydrogen-bond donors (Lipinski definition) is 2. The third kappa shape index (κ3) is 2.61. The Morgan fingerprint density at radius 1 is 1.60 bits per heavy atom. The van der Waals surface area contributed by atoms with Gasteiger partial charge in [-0.05, 0) is 31.4 Å². The summed E-state index contributed by atoms with van der Waals surface area (Å²) < 4.78 is 5.73. The highest BCUT2D eigenvalue weighted by molar-refractivity contribution is 5.17. The SMILES string of the molecule is CC(CO)NCc1ccc(C2CC2C)o1. The van der Waals surface area contributed by atoms with Gasteiger partial charge < -0.3 is 14.8 Å². The van der Waals surface area contributed by atoms with Crippen LogP contribution in [0.15, 0.2) is 16.5 Å². The van der Waals surface area contributed by atoms with Crippen molar-refractivity contribution in [3.05, 3.63) is 23.7 Å². The quantitative estimate of drug-likeness (QED) is 0.778. The Kier molecular flexibility index (Phi) is 3.12. The lowest BCUT2D eigenvalue weighted by molar-refractivity contribution is 0.248. The molecule has 84 valence electrons. The van der Waals surface area contributed by atoms with Gasteiger partial charge in [-0.1, -0.05) is 6.92 Å². The standard InChI is InChI=1S/C12H19NO2/c1-8-5-11(8)12-4-3-10(15-12)6-13-9(2)7-14/h3-4,8-9,11,13-14H,5-7H2,1-2H3. The zero-order chi connectivity index (χ0) is 10.8. The second-order valence-corrected chi connectivity index (χ2v) is 4.59. The lowest BCUT2D eigenvalue weighted by atomic mass is 10.3. The number of aliphatic hydroxyl groups is 1. The van der Waals surface area contributed by atoms with Gasteiger partial charge in [0, 0.05) is 12.0 Å². The molecule has 1 saturated carbocycles. The van der Waals surface area contributed by atoms with Crippen LogP contribution in [0, 0.1) is 5.92 Å². The summed E-state index contributed by atoms with van der Waals surface area (Å²) >= 11 is 0. The van der Waals surface area contributed by atoms with Crippen LogP contribution in [0.25, 0.3) is 0 Å². The Labute approximate surface area is 90.5 Å². The van der Waals surface area contributed by atoms with E-state index in [0.717, 1.165) is 17.4 Å². The van der Waals surface area contributed by atoms with Crippen molar-refractivity contribution in [3.8, 4) is 0 Å². The Morgan fingerprint density at radius 2 is 2.33 bits per heavy atom. The highest BCUT2D eigenvalue weighted by atomic mass is 16.3. The molecule has 0 aromatic carbocycles. The fraction of sp³-hybridized carbons (Fsp3) is 0.667. The van der Waals surface area contributed by atoms with E-state index in [1.54, 1.807) is 0 Å². The summed E-state index contributed by atoms with van der Waals surface area (Å²) in [6.07, 6.45) is 1.26. The first-order chi connectivity index (χ1) is 7.20. The van der Waals surface area contributed by atoms with Crippen molar-refractivity contribution in [1.29, 1.82) is 0 Å². The molecule has 0 aliphatic heterocycles. The van der Waals surface area contributed by atoms with E-state index in [-0.39, 0.29) is 12.6 Å². The summed E-state index contributed by atoms with van der Waals surface area (Å²) in [5.41, 5.74) is 0. The fourth-order valence-electron chi connectivity index (χ4n) is 1.75. The van der Waals surface area contributed by atoms with Crippen molar-refractivity contribution >= 4 is 0 Å². The monoisotopic (exact) mass is 209 g/mol. The lowest BCUT2D eigenvalue weighted by Gasteiger charge is -2.08. The van der Waals surface area contributed by atoms with Gasteiger partial charge in [-0.2, -0.15) is 0 Å². The molecule has 3 nitrogen and oxygen atoms in total. The van der Waals surface area contributed by atoms with E-state index in [2.05, 4.69) is 18.3 Å². The molecule has 2 rings (SSSR count). The Hall–Kier alpha value is -0.800. The van der Waals surface area contributed by atoms with Gasteiger partial charge in [-0.25, -0.2) is 0 Å². The van der Waals surface area contributed by atoms with E-state index in [0.29, 0.717) is 12.5 Å². The number of hydrogen-bond acceptors (Lipinski definition) is 3. The molecule has 0 bridgehead atoms. The molecule has 3 atom stereocenters. The van der Waals surface area contributed by atoms with Crippen LogP contribution in [0.2, 0.25) is 0 Å². The van der Waals surface area contributed by atoms with Gasteiger partial charge in [-0.15, -0.1) is 0 Å². The zero-order valence-corrected chi connectivity index (χ0v) is 9.36. The largest absolute Gasteiger partial charge is 0.464 e. The van der Waals surface area contributed by atoms with Gasteiger partial charge >= 0.3 is 0 Å². The predicted molar refractivity (Wildman–Crippen MR) is 58.6 cm³/mol. The number of furan rings is 1. The second-order valence-electron chi connectivity index (χ2n) is 4.59. The first-order valence-corrected chi connectivity index (χ1v) is 5.63. The summed E-state index contributed by atoms with van der Waals surface area (Å²) in [4.78, 5) is 0. The second kappa shape index (κ2) is 4.37. The first kappa shape index (κ1) is 10.7. The van der Waals surface area contributed by atoms with E-state index in [1.807, 2.05) is 13.0 Å². The maximum atomic E-state index is 8.86. The zero-order valence-electron chi connectivity index (χ0n) is 9.36. The molecular formula is C12H19NO2. The van der Waals surface area contributed by atoms with Gasteiger partial charge in [0.05, 0.1) is 13.2 Å². The maximum Gasteiger partial charge on any atom is 0.117 e. The average molecular weight is 209 g/mol. The molecule has 3 unspecified atom stereocenters. The molecule has 0 saturated heterocycles. The van der Waals surface area contributed by atoms with Crippen molar-refractivity contribution in [2.24, 2.45) is 5.92 Å². The van der Waals surface area contributed by atoms with Crippen LogP contribution in [0.5, 0.6) is 0 Å². The first-order valence-electron chi connectivity index (χ1n) is 5.63. The van der Waals surface area contributed by atoms with Crippen LogP contribution in [0.4, 0.5) is 0 Å². The van der Waals surface area contributed by atoms with E-state index in [4.69, 9.17) is 9.52 Å². The third-order valence-electron chi connectivity index (χ3n) is 3.06. The Morgan fingerprint density at radius 3 is 2.93 bits per heavy atom. The highest BCUT2D eigenvalue weighted by Gasteiger charge is 2.36. The molecule has 2 N–H and O–H groups in total. The summed E-state index contributed by atoms with van der Waals surface area (Å²) in [5, 5.41) is 12.0. The van der Waals surface area contributed by atoms with Crippen LogP contribution >= 0.6 is 0 Å². The van der Waals surface area contributed by atoms with E-state index < -0.39 is 0 Å². The van der Waals surface area contributed by atoms with Crippen molar-refractivity contribution in [1.82, 2.24) is 5.32 Å². The number of aliphatic hydroxyl groups excluding tert-OH is 1. The van der Waals surface area contributed by atoms with Crippen molar-refractivity contribution in [3.63, 3.8) is 0 Å². The van der Waals surface area contributed by atoms with Crippen LogP contribution in [-0.2, 0) is 6.54 Å². The molecule has 1 aliphatic carbocycles. The van der Waals surface area contributed by atoms with Gasteiger partial charge in [0.15, 0.2) is 0 Å². The average Bonchev–Trinajstić information content (AvgIpc) is 2.80. The molecule has 15 heavy (non-hydrogen) atoms. The number of rotatable bonds is 5. The third-order valence-corrected chi connectivity index (χ3v) is 3.06. The van der Waals surface area contributed by atoms with Gasteiger partial charge in [0.25, 0.3) is 0 Å². The Balaban J connectivity index is 1.85. The molecule has 3 heteroatoms. The molecule has 0 spiro atoms. The molecule has 1 heterocycles. The van der Waals surface area contributed by atoms with Crippen molar-refractivity contribution in [2.75, 3.05) is 6.61 Å². The molecule has 0 radical (unpaired) electrons. The summed E-state index contributed by atoms with van der Waals surface area (Å²) in [6.45, 7) is 5.06. The van der Waals surface area contributed by atoms with Gasteiger partial charge in [0.1, 0.15) is 11.5 Å². The minimum atomic E-state index is 0.124. The van der Waals surface area contributed by atoms with Gasteiger partial charge in [-0.3, -0.25) is 0 Å². The molecule has 1 aromatic rings. The number of nitrogens with one attached hydrogen (secondary N) is 1. The van der Waals surface area contributed by atoms with Crippen molar-refractivity contribution in [2.45, 2.75) is 38.8 Å². The molecule has 1 fully saturated rings. The summed E-state index contributed by atoms with van der Waals surface area (Å²) in [6, 6.07) is 4.23. The smallest absolute Gasteiger partial charge is 0.117 e. The van der Waals surface area contributed by atoms with Crippen LogP contribution in [0.1, 0.15) is 37.7 Å². The summed E-state index contributed by atoms with van der Waals surface area (Å²) in [7, 11) is 0. The maximum absolute atomic E-state index is 8.86. The van der Waals surface area contributed by atoms with Crippen LogP contribution < -0.4 is 5.32 Å². The molecule has 1 aliphatic rings. The van der Waals surface area contributed by atoms with Crippen LogP contribution in [0.3, 0.4) is 0 Å². The highest BCUT2D eigenvalue weighted by Crippen LogP contribution is 2.47. The van der Waals surface area contributed by atoms with Gasteiger partial charge in [0.2, 0.25) is 0 Å². The minimum absolute atomic E-state index is 0.124. The van der Waals surface area contributed by atoms with Crippen LogP contribution in [-0.4, -0.2) is 17.8 Å². The predicted octanol–water partition coefficient (Wildman–Crippen LogP) is 1.87. The van der Waals surface area contributed by atoms with E-state index >= 15 is 0 Å². The minimum Gasteiger partial charge on any atom is -0.464 e. The lowest BCUT2D eigenvalue weighted by Crippen LogP contribution is -2.28. The molecule has 1 aromatic heterocycles. The Bertz CT molecular complexity index is 321. The normalized spacial score (nSPS) is 26.6. The molecular weight excluding hydrogens is 190 g/mol. The van der Waals surface area contributed by atoms with Crippen molar-refractivity contribution < 1.29 is 9.52 Å². The fourth-order valence-corrected chi connectivity index (χ4v) is 1.75. The summed E-state index contributed by atoms with van der Waals surface area (Å²) in [5.74, 6) is 3.52. The van der Waals surface area contributed by atoms with E-state index in [1.165, 1.54) is 6.42 Å². The topological polar surface area (TPSA) is 45.4 Å².